The van der Waals surface area contributed by atoms with Crippen molar-refractivity contribution in [1.29, 1.82) is 0 Å². The second kappa shape index (κ2) is 7.19. The lowest BCUT2D eigenvalue weighted by atomic mass is 9.94. The summed E-state index contributed by atoms with van der Waals surface area (Å²) in [5.41, 5.74) is 6.06. The van der Waals surface area contributed by atoms with Crippen molar-refractivity contribution in [3.63, 3.8) is 0 Å². The van der Waals surface area contributed by atoms with Gasteiger partial charge >= 0.3 is 8.80 Å². The molecule has 4 rings (SSSR count). The Morgan fingerprint density at radius 2 is 1.39 bits per heavy atom. The predicted molar refractivity (Wildman–Crippen MR) is 93.8 cm³/mol. The molecule has 0 amide bonds. The van der Waals surface area contributed by atoms with E-state index >= 15 is 0 Å². The van der Waals surface area contributed by atoms with Gasteiger partial charge in [0.1, 0.15) is 0 Å². The van der Waals surface area contributed by atoms with E-state index in [1.54, 1.807) is 21.3 Å². The molecule has 2 N–H and O–H groups in total. The molecule has 0 aliphatic heterocycles. The standard InChI is InChI=1S/C10H18O3Si.C8H13N/c1-11-14(12-2,13-3)10-7-8-4-5-9(10)6-8;9-5-8-4-6-1-2-7(8)3-6/h4-5,8-10H,6-7H2,1-3H3;1-2,6-8H,3-5,9H2. The molecule has 4 bridgehead atoms. The summed E-state index contributed by atoms with van der Waals surface area (Å²) in [5, 5.41) is 0. The van der Waals surface area contributed by atoms with Crippen LogP contribution in [0.4, 0.5) is 0 Å². The van der Waals surface area contributed by atoms with Gasteiger partial charge in [-0.15, -0.1) is 0 Å². The second-order valence-electron chi connectivity index (χ2n) is 7.38. The largest absolute Gasteiger partial charge is 0.504 e. The molecule has 0 radical (unpaired) electrons. The quantitative estimate of drug-likeness (QED) is 0.619. The van der Waals surface area contributed by atoms with Crippen LogP contribution in [-0.2, 0) is 13.3 Å². The molecular weight excluding hydrogens is 306 g/mol. The van der Waals surface area contributed by atoms with Gasteiger partial charge in [0, 0.05) is 26.9 Å². The van der Waals surface area contributed by atoms with Crippen molar-refractivity contribution in [2.24, 2.45) is 35.3 Å². The van der Waals surface area contributed by atoms with E-state index in [9.17, 15) is 0 Å². The zero-order valence-electron chi connectivity index (χ0n) is 14.6. The summed E-state index contributed by atoms with van der Waals surface area (Å²) in [6, 6.07) is 0. The molecule has 4 aliphatic carbocycles. The molecule has 130 valence electrons. The Balaban J connectivity index is 0.000000149. The summed E-state index contributed by atoms with van der Waals surface area (Å²) in [5.74, 6) is 3.91. The Kier molecular flexibility index (Phi) is 5.43. The average molecular weight is 338 g/mol. The first-order valence-electron chi connectivity index (χ1n) is 8.87. The van der Waals surface area contributed by atoms with Crippen LogP contribution in [0.25, 0.3) is 0 Å². The van der Waals surface area contributed by atoms with E-state index in [1.807, 2.05) is 0 Å². The third kappa shape index (κ3) is 3.22. The van der Waals surface area contributed by atoms with E-state index in [1.165, 1.54) is 25.7 Å². The van der Waals surface area contributed by atoms with Crippen LogP contribution in [-0.4, -0.2) is 36.7 Å². The molecule has 0 aromatic carbocycles. The molecule has 0 spiro atoms. The normalized spacial score (nSPS) is 39.8. The second-order valence-corrected chi connectivity index (χ2v) is 10.6. The van der Waals surface area contributed by atoms with Crippen molar-refractivity contribution in [2.75, 3.05) is 27.9 Å². The van der Waals surface area contributed by atoms with Gasteiger partial charge in [-0.3, -0.25) is 0 Å². The number of fused-ring (bicyclic) bond motifs is 4. The van der Waals surface area contributed by atoms with Crippen LogP contribution in [0.5, 0.6) is 0 Å². The van der Waals surface area contributed by atoms with Crippen molar-refractivity contribution < 1.29 is 13.3 Å². The van der Waals surface area contributed by atoms with E-state index < -0.39 is 8.80 Å². The van der Waals surface area contributed by atoms with Gasteiger partial charge in [0.2, 0.25) is 0 Å². The van der Waals surface area contributed by atoms with Crippen molar-refractivity contribution in [3.8, 4) is 0 Å². The smallest absolute Gasteiger partial charge is 0.377 e. The lowest BCUT2D eigenvalue weighted by Crippen LogP contribution is -2.49. The number of hydrogen-bond acceptors (Lipinski definition) is 4. The minimum Gasteiger partial charge on any atom is -0.377 e. The molecule has 5 heteroatoms. The zero-order chi connectivity index (χ0) is 16.4. The molecule has 4 nitrogen and oxygen atoms in total. The summed E-state index contributed by atoms with van der Waals surface area (Å²) < 4.78 is 16.6. The van der Waals surface area contributed by atoms with Gasteiger partial charge in [-0.25, -0.2) is 0 Å². The monoisotopic (exact) mass is 337 g/mol. The van der Waals surface area contributed by atoms with Crippen molar-refractivity contribution in [2.45, 2.75) is 31.2 Å². The highest BCUT2D eigenvalue weighted by Gasteiger charge is 2.55. The van der Waals surface area contributed by atoms with E-state index in [0.29, 0.717) is 11.5 Å². The number of nitrogens with two attached hydrogens (primary N) is 1. The molecule has 4 aliphatic rings. The minimum absolute atomic E-state index is 0.470. The Bertz CT molecular complexity index is 455. The first-order chi connectivity index (χ1) is 11.2. The minimum atomic E-state index is -2.39. The van der Waals surface area contributed by atoms with Crippen LogP contribution in [0.1, 0.15) is 25.7 Å². The van der Waals surface area contributed by atoms with Gasteiger partial charge in [-0.1, -0.05) is 24.3 Å². The summed E-state index contributed by atoms with van der Waals surface area (Å²) in [4.78, 5) is 0. The SMILES string of the molecule is CO[Si](OC)(OC)C1CC2C=CC1C2.NCC1CC2C=CC1C2. The maximum atomic E-state index is 5.59. The van der Waals surface area contributed by atoms with Gasteiger partial charge in [-0.2, -0.15) is 0 Å². The molecule has 0 aromatic heterocycles. The van der Waals surface area contributed by atoms with Gasteiger partial charge in [0.05, 0.1) is 0 Å². The molecule has 2 fully saturated rings. The molecule has 2 saturated carbocycles. The highest BCUT2D eigenvalue weighted by atomic mass is 28.4. The fraction of sp³-hybridized carbons (Fsp3) is 0.778. The molecule has 6 unspecified atom stereocenters. The lowest BCUT2D eigenvalue weighted by molar-refractivity contribution is 0.107. The predicted octanol–water partition coefficient (Wildman–Crippen LogP) is 2.99. The highest BCUT2D eigenvalue weighted by Crippen LogP contribution is 2.52. The van der Waals surface area contributed by atoms with Crippen LogP contribution >= 0.6 is 0 Å². The molecule has 0 heterocycles. The van der Waals surface area contributed by atoms with Crippen LogP contribution in [0.3, 0.4) is 0 Å². The molecule has 0 aromatic rings. The first-order valence-corrected chi connectivity index (χ1v) is 10.7. The number of hydrogen-bond donors (Lipinski definition) is 1. The summed E-state index contributed by atoms with van der Waals surface area (Å²) in [6.45, 7) is 0.894. The lowest BCUT2D eigenvalue weighted by Gasteiger charge is -2.33. The van der Waals surface area contributed by atoms with Gasteiger partial charge < -0.3 is 19.0 Å². The fourth-order valence-corrected chi connectivity index (χ4v) is 7.83. The number of allylic oxidation sites excluding steroid dienone is 4. The van der Waals surface area contributed by atoms with Crippen LogP contribution < -0.4 is 5.73 Å². The van der Waals surface area contributed by atoms with Crippen LogP contribution in [0.15, 0.2) is 24.3 Å². The average Bonchev–Trinajstić information content (AvgIpc) is 3.38. The molecule has 0 saturated heterocycles. The maximum Gasteiger partial charge on any atom is 0.504 e. The third-order valence-electron chi connectivity index (χ3n) is 6.31. The summed E-state index contributed by atoms with van der Waals surface area (Å²) in [7, 11) is 2.72. The van der Waals surface area contributed by atoms with Crippen molar-refractivity contribution in [1.82, 2.24) is 0 Å². The van der Waals surface area contributed by atoms with E-state index in [2.05, 4.69) is 24.3 Å². The fourth-order valence-electron chi connectivity index (χ4n) is 5.06. The van der Waals surface area contributed by atoms with Crippen molar-refractivity contribution in [3.05, 3.63) is 24.3 Å². The van der Waals surface area contributed by atoms with Crippen LogP contribution in [0, 0.1) is 29.6 Å². The zero-order valence-corrected chi connectivity index (χ0v) is 15.6. The highest BCUT2D eigenvalue weighted by molar-refractivity contribution is 6.62. The first kappa shape index (κ1) is 17.4. The van der Waals surface area contributed by atoms with Crippen molar-refractivity contribution >= 4 is 8.80 Å². The molecule has 23 heavy (non-hydrogen) atoms. The van der Waals surface area contributed by atoms with Crippen LogP contribution in [0.2, 0.25) is 5.54 Å². The Morgan fingerprint density at radius 1 is 0.826 bits per heavy atom. The summed E-state index contributed by atoms with van der Waals surface area (Å²) >= 11 is 0. The topological polar surface area (TPSA) is 53.7 Å². The van der Waals surface area contributed by atoms with E-state index in [0.717, 1.165) is 30.2 Å². The van der Waals surface area contributed by atoms with Gasteiger partial charge in [-0.05, 0) is 61.8 Å². The third-order valence-corrected chi connectivity index (χ3v) is 9.58. The maximum absolute atomic E-state index is 5.59. The van der Waals surface area contributed by atoms with E-state index in [-0.39, 0.29) is 0 Å². The Hall–Kier alpha value is -0.463. The molecule has 6 atom stereocenters. The number of rotatable bonds is 5. The molecular formula is C18H31NO3Si. The Labute approximate surface area is 141 Å². The van der Waals surface area contributed by atoms with Gasteiger partial charge in [0.15, 0.2) is 0 Å². The summed E-state index contributed by atoms with van der Waals surface area (Å²) in [6.07, 6.45) is 14.5. The van der Waals surface area contributed by atoms with E-state index in [4.69, 9.17) is 19.0 Å². The Morgan fingerprint density at radius 3 is 1.70 bits per heavy atom. The van der Waals surface area contributed by atoms with Gasteiger partial charge in [0.25, 0.3) is 0 Å².